The number of rotatable bonds is 4. The Morgan fingerprint density at radius 1 is 1.39 bits per heavy atom. The first-order valence-electron chi connectivity index (χ1n) is 5.09. The third kappa shape index (κ3) is 2.95. The summed E-state index contributed by atoms with van der Waals surface area (Å²) in [6.07, 6.45) is 0. The predicted molar refractivity (Wildman–Crippen MR) is 60.6 cm³/mol. The molecule has 4 nitrogen and oxygen atoms in total. The highest BCUT2D eigenvalue weighted by Gasteiger charge is 2.13. The van der Waals surface area contributed by atoms with Crippen LogP contribution in [-0.4, -0.2) is 16.8 Å². The second kappa shape index (κ2) is 5.30. The minimum Gasteiger partial charge on any atom is -0.435 e. The molecule has 1 atom stereocenters. The van der Waals surface area contributed by atoms with Crippen LogP contribution >= 0.6 is 11.6 Å². The van der Waals surface area contributed by atoms with E-state index in [-0.39, 0.29) is 17.0 Å². The van der Waals surface area contributed by atoms with Crippen LogP contribution in [0.3, 0.4) is 0 Å². The molecule has 0 aliphatic rings. The van der Waals surface area contributed by atoms with E-state index in [0.717, 1.165) is 0 Å². The van der Waals surface area contributed by atoms with Crippen molar-refractivity contribution in [2.45, 2.75) is 18.9 Å². The third-order valence-corrected chi connectivity index (χ3v) is 2.30. The molecular formula is C11H9ClF2N2O2. The van der Waals surface area contributed by atoms with Crippen LogP contribution in [-0.2, 0) is 0 Å². The number of halogens is 3. The molecule has 0 saturated heterocycles. The zero-order chi connectivity index (χ0) is 13.1. The number of nitrogens with zero attached hydrogens (tertiary/aromatic N) is 2. The number of hydrogen-bond acceptors (Lipinski definition) is 4. The number of ether oxygens (including phenoxy) is 1. The third-order valence-electron chi connectivity index (χ3n) is 2.10. The molecule has 1 aromatic heterocycles. The SMILES string of the molecule is CC(Cl)c1noc(-c2cccc(OC(F)F)c2)n1. The molecule has 0 radical (unpaired) electrons. The Balaban J connectivity index is 2.26. The van der Waals surface area contributed by atoms with Gasteiger partial charge in [-0.15, -0.1) is 11.6 Å². The van der Waals surface area contributed by atoms with Gasteiger partial charge in [0.1, 0.15) is 5.75 Å². The highest BCUT2D eigenvalue weighted by Crippen LogP contribution is 2.25. The molecular weight excluding hydrogens is 266 g/mol. The van der Waals surface area contributed by atoms with Crippen LogP contribution in [0.4, 0.5) is 8.78 Å². The second-order valence-corrected chi connectivity index (χ2v) is 4.13. The summed E-state index contributed by atoms with van der Waals surface area (Å²) in [5.74, 6) is 0.574. The Kier molecular flexibility index (Phi) is 3.76. The van der Waals surface area contributed by atoms with Gasteiger partial charge >= 0.3 is 6.61 Å². The molecule has 18 heavy (non-hydrogen) atoms. The molecule has 1 heterocycles. The molecule has 2 rings (SSSR count). The van der Waals surface area contributed by atoms with E-state index in [1.165, 1.54) is 12.1 Å². The normalized spacial score (nSPS) is 12.7. The molecule has 0 saturated carbocycles. The van der Waals surface area contributed by atoms with Gasteiger partial charge < -0.3 is 9.26 Å². The topological polar surface area (TPSA) is 48.2 Å². The van der Waals surface area contributed by atoms with Crippen LogP contribution in [0.15, 0.2) is 28.8 Å². The predicted octanol–water partition coefficient (Wildman–Crippen LogP) is 3.64. The second-order valence-electron chi connectivity index (χ2n) is 3.48. The van der Waals surface area contributed by atoms with E-state index in [1.54, 1.807) is 19.1 Å². The van der Waals surface area contributed by atoms with Crippen LogP contribution in [0.25, 0.3) is 11.5 Å². The quantitative estimate of drug-likeness (QED) is 0.799. The van der Waals surface area contributed by atoms with Gasteiger partial charge in [0.25, 0.3) is 5.89 Å². The first-order chi connectivity index (χ1) is 8.56. The number of hydrogen-bond donors (Lipinski definition) is 0. The van der Waals surface area contributed by atoms with Crippen molar-refractivity contribution in [1.29, 1.82) is 0 Å². The summed E-state index contributed by atoms with van der Waals surface area (Å²) in [6, 6.07) is 6.01. The minimum absolute atomic E-state index is 0.0289. The lowest BCUT2D eigenvalue weighted by molar-refractivity contribution is -0.0498. The monoisotopic (exact) mass is 274 g/mol. The molecule has 1 unspecified atom stereocenters. The van der Waals surface area contributed by atoms with Crippen LogP contribution in [0.1, 0.15) is 18.1 Å². The van der Waals surface area contributed by atoms with Gasteiger partial charge in [0.15, 0.2) is 5.82 Å². The van der Waals surface area contributed by atoms with Gasteiger partial charge in [0, 0.05) is 5.56 Å². The Hall–Kier alpha value is -1.69. The van der Waals surface area contributed by atoms with Crippen LogP contribution in [0.2, 0.25) is 0 Å². The first kappa shape index (κ1) is 12.8. The lowest BCUT2D eigenvalue weighted by atomic mass is 10.2. The van der Waals surface area contributed by atoms with Crippen molar-refractivity contribution in [2.24, 2.45) is 0 Å². The van der Waals surface area contributed by atoms with Gasteiger partial charge in [-0.1, -0.05) is 11.2 Å². The molecule has 0 aliphatic carbocycles. The number of aromatic nitrogens is 2. The summed E-state index contributed by atoms with van der Waals surface area (Å²) in [4.78, 5) is 4.05. The van der Waals surface area contributed by atoms with Crippen molar-refractivity contribution < 1.29 is 18.0 Å². The zero-order valence-electron chi connectivity index (χ0n) is 9.31. The molecule has 7 heteroatoms. The molecule has 96 valence electrons. The summed E-state index contributed by atoms with van der Waals surface area (Å²) in [5, 5.41) is 3.29. The van der Waals surface area contributed by atoms with Crippen LogP contribution < -0.4 is 4.74 Å². The van der Waals surface area contributed by atoms with Crippen LogP contribution in [0, 0.1) is 0 Å². The van der Waals surface area contributed by atoms with E-state index in [4.69, 9.17) is 16.1 Å². The van der Waals surface area contributed by atoms with Gasteiger partial charge in [0.05, 0.1) is 5.38 Å². The molecule has 0 fully saturated rings. The average molecular weight is 275 g/mol. The van der Waals surface area contributed by atoms with E-state index < -0.39 is 6.61 Å². The van der Waals surface area contributed by atoms with Crippen molar-refractivity contribution >= 4 is 11.6 Å². The van der Waals surface area contributed by atoms with Crippen molar-refractivity contribution in [1.82, 2.24) is 10.1 Å². The standard InChI is InChI=1S/C11H9ClF2N2O2/c1-6(12)9-15-10(18-16-9)7-3-2-4-8(5-7)17-11(13)14/h2-6,11H,1H3. The van der Waals surface area contributed by atoms with Gasteiger partial charge in [-0.2, -0.15) is 13.8 Å². The molecule has 0 bridgehead atoms. The van der Waals surface area contributed by atoms with E-state index in [1.807, 2.05) is 0 Å². The number of benzene rings is 1. The lowest BCUT2D eigenvalue weighted by Crippen LogP contribution is -2.01. The van der Waals surface area contributed by atoms with Crippen LogP contribution in [0.5, 0.6) is 5.75 Å². The Labute approximate surface area is 107 Å². The highest BCUT2D eigenvalue weighted by atomic mass is 35.5. The summed E-state index contributed by atoms with van der Waals surface area (Å²) < 4.78 is 33.4. The van der Waals surface area contributed by atoms with Gasteiger partial charge in [-0.25, -0.2) is 0 Å². The fourth-order valence-corrected chi connectivity index (χ4v) is 1.41. The van der Waals surface area contributed by atoms with Crippen molar-refractivity contribution in [3.8, 4) is 17.2 Å². The summed E-state index contributed by atoms with van der Waals surface area (Å²) in [6.45, 7) is -1.17. The Bertz CT molecular complexity index is 531. The molecule has 0 aliphatic heterocycles. The molecule has 2 aromatic rings. The molecule has 0 amide bonds. The minimum atomic E-state index is -2.87. The Morgan fingerprint density at radius 3 is 2.78 bits per heavy atom. The summed E-state index contributed by atoms with van der Waals surface area (Å²) in [5.41, 5.74) is 0.490. The zero-order valence-corrected chi connectivity index (χ0v) is 10.1. The largest absolute Gasteiger partial charge is 0.435 e. The fraction of sp³-hybridized carbons (Fsp3) is 0.273. The molecule has 0 spiro atoms. The smallest absolute Gasteiger partial charge is 0.387 e. The fourth-order valence-electron chi connectivity index (χ4n) is 1.32. The first-order valence-corrected chi connectivity index (χ1v) is 5.53. The molecule has 0 N–H and O–H groups in total. The van der Waals surface area contributed by atoms with Gasteiger partial charge in [-0.05, 0) is 25.1 Å². The average Bonchev–Trinajstić information content (AvgIpc) is 2.77. The van der Waals surface area contributed by atoms with Crippen molar-refractivity contribution in [3.05, 3.63) is 30.1 Å². The van der Waals surface area contributed by atoms with E-state index in [0.29, 0.717) is 11.4 Å². The van der Waals surface area contributed by atoms with Crippen molar-refractivity contribution in [2.75, 3.05) is 0 Å². The summed E-state index contributed by atoms with van der Waals surface area (Å²) >= 11 is 5.80. The van der Waals surface area contributed by atoms with E-state index in [9.17, 15) is 8.78 Å². The van der Waals surface area contributed by atoms with E-state index in [2.05, 4.69) is 14.9 Å². The Morgan fingerprint density at radius 2 is 2.17 bits per heavy atom. The number of alkyl halides is 3. The summed E-state index contributed by atoms with van der Waals surface area (Å²) in [7, 11) is 0. The van der Waals surface area contributed by atoms with Gasteiger partial charge in [0.2, 0.25) is 0 Å². The molecule has 1 aromatic carbocycles. The highest BCUT2D eigenvalue weighted by molar-refractivity contribution is 6.20. The maximum Gasteiger partial charge on any atom is 0.387 e. The van der Waals surface area contributed by atoms with Crippen molar-refractivity contribution in [3.63, 3.8) is 0 Å². The van der Waals surface area contributed by atoms with Gasteiger partial charge in [-0.3, -0.25) is 0 Å². The lowest BCUT2D eigenvalue weighted by Gasteiger charge is -2.04. The maximum absolute atomic E-state index is 12.1. The maximum atomic E-state index is 12.1. The van der Waals surface area contributed by atoms with E-state index >= 15 is 0 Å².